The van der Waals surface area contributed by atoms with Gasteiger partial charge < -0.3 is 15.0 Å². The van der Waals surface area contributed by atoms with E-state index >= 15 is 0 Å². The third kappa shape index (κ3) is 4.64. The molecule has 10 heteroatoms. The van der Waals surface area contributed by atoms with Crippen LogP contribution in [-0.4, -0.2) is 41.7 Å². The van der Waals surface area contributed by atoms with E-state index in [1.165, 1.54) is 6.07 Å². The van der Waals surface area contributed by atoms with E-state index in [0.717, 1.165) is 41.9 Å². The average Bonchev–Trinajstić information content (AvgIpc) is 3.08. The first-order chi connectivity index (χ1) is 14.7. The zero-order valence-corrected chi connectivity index (χ0v) is 17.8. The van der Waals surface area contributed by atoms with Crippen LogP contribution in [0.1, 0.15) is 33.4 Å². The second-order valence-electron chi connectivity index (χ2n) is 7.44. The number of amides is 1. The molecule has 3 aromatic rings. The van der Waals surface area contributed by atoms with E-state index in [2.05, 4.69) is 20.2 Å². The van der Waals surface area contributed by atoms with Crippen LogP contribution in [-0.2, 0) is 17.5 Å². The molecule has 1 unspecified atom stereocenters. The highest BCUT2D eigenvalue weighted by atomic mass is 32.1. The van der Waals surface area contributed by atoms with Crippen molar-refractivity contribution in [2.45, 2.75) is 32.7 Å². The largest absolute Gasteiger partial charge is 0.433 e. The molecule has 1 aliphatic heterocycles. The van der Waals surface area contributed by atoms with Crippen molar-refractivity contribution in [3.63, 3.8) is 0 Å². The number of alkyl halides is 3. The fourth-order valence-corrected chi connectivity index (χ4v) is 4.57. The number of halogens is 3. The van der Waals surface area contributed by atoms with Gasteiger partial charge in [0.15, 0.2) is 0 Å². The number of thiophene rings is 1. The molecule has 164 valence electrons. The van der Waals surface area contributed by atoms with E-state index in [9.17, 15) is 18.0 Å². The van der Waals surface area contributed by atoms with Crippen LogP contribution < -0.4 is 10.2 Å². The standard InChI is InChI=1S/C21H21F3N4O2S/c1-12-11-28(7-8-30-12)17-6-3-14(9-25-17)10-26-19(29)18-13(2)15-4-5-16(21(22,23)24)27-20(15)31-18/h3-6,9,12H,7-8,10-11H2,1-2H3,(H,26,29). The Hall–Kier alpha value is -2.72. The Morgan fingerprint density at radius 1 is 1.32 bits per heavy atom. The zero-order chi connectivity index (χ0) is 22.2. The van der Waals surface area contributed by atoms with Crippen LogP contribution in [0.5, 0.6) is 0 Å². The molecule has 1 amide bonds. The van der Waals surface area contributed by atoms with E-state index in [1.807, 2.05) is 19.1 Å². The van der Waals surface area contributed by atoms with Crippen LogP contribution in [0.3, 0.4) is 0 Å². The maximum absolute atomic E-state index is 12.9. The van der Waals surface area contributed by atoms with Crippen LogP contribution >= 0.6 is 11.3 Å². The molecule has 4 rings (SSSR count). The molecule has 1 aliphatic rings. The van der Waals surface area contributed by atoms with Gasteiger partial charge in [-0.3, -0.25) is 4.79 Å². The minimum atomic E-state index is -4.52. The molecule has 0 radical (unpaired) electrons. The number of aryl methyl sites for hydroxylation is 1. The number of hydrogen-bond donors (Lipinski definition) is 1. The van der Waals surface area contributed by atoms with E-state index < -0.39 is 11.9 Å². The highest BCUT2D eigenvalue weighted by Crippen LogP contribution is 2.34. The molecule has 31 heavy (non-hydrogen) atoms. The highest BCUT2D eigenvalue weighted by molar-refractivity contribution is 7.20. The summed E-state index contributed by atoms with van der Waals surface area (Å²) in [5.41, 5.74) is 0.484. The van der Waals surface area contributed by atoms with E-state index in [-0.39, 0.29) is 23.4 Å². The summed E-state index contributed by atoms with van der Waals surface area (Å²) in [6.45, 7) is 6.21. The number of carbonyl (C=O) groups excluding carboxylic acids is 1. The number of aromatic nitrogens is 2. The Morgan fingerprint density at radius 3 is 2.81 bits per heavy atom. The number of pyridine rings is 2. The first-order valence-corrected chi connectivity index (χ1v) is 10.6. The van der Waals surface area contributed by atoms with Gasteiger partial charge >= 0.3 is 6.18 Å². The zero-order valence-electron chi connectivity index (χ0n) is 17.0. The summed E-state index contributed by atoms with van der Waals surface area (Å²) in [6, 6.07) is 6.11. The molecule has 0 saturated carbocycles. The van der Waals surface area contributed by atoms with Gasteiger partial charge in [0, 0.05) is 31.2 Å². The lowest BCUT2D eigenvalue weighted by Gasteiger charge is -2.32. The van der Waals surface area contributed by atoms with Crippen molar-refractivity contribution in [3.8, 4) is 0 Å². The lowest BCUT2D eigenvalue weighted by molar-refractivity contribution is -0.140. The molecule has 0 aromatic carbocycles. The van der Waals surface area contributed by atoms with Crippen molar-refractivity contribution in [2.75, 3.05) is 24.6 Å². The molecule has 0 bridgehead atoms. The van der Waals surface area contributed by atoms with Gasteiger partial charge in [0.1, 0.15) is 16.3 Å². The Bertz CT molecular complexity index is 1100. The predicted octanol–water partition coefficient (Wildman–Crippen LogP) is 4.17. The second-order valence-corrected chi connectivity index (χ2v) is 8.44. The van der Waals surface area contributed by atoms with Crippen molar-refractivity contribution in [1.29, 1.82) is 0 Å². The molecule has 1 N–H and O–H groups in total. The lowest BCUT2D eigenvalue weighted by atomic mass is 10.1. The third-order valence-electron chi connectivity index (χ3n) is 5.13. The number of hydrogen-bond acceptors (Lipinski definition) is 6. The lowest BCUT2D eigenvalue weighted by Crippen LogP contribution is -2.41. The summed E-state index contributed by atoms with van der Waals surface area (Å²) in [4.78, 5) is 23.5. The van der Waals surface area contributed by atoms with Crippen LogP contribution in [0.15, 0.2) is 30.5 Å². The minimum Gasteiger partial charge on any atom is -0.375 e. The molecular formula is C21H21F3N4O2S. The number of nitrogens with one attached hydrogen (secondary N) is 1. The average molecular weight is 450 g/mol. The molecule has 6 nitrogen and oxygen atoms in total. The molecule has 3 aromatic heterocycles. The Kier molecular flexibility index (Phi) is 5.85. The molecule has 1 saturated heterocycles. The summed E-state index contributed by atoms with van der Waals surface area (Å²) in [5.74, 6) is 0.511. The van der Waals surface area contributed by atoms with Crippen LogP contribution in [0.2, 0.25) is 0 Å². The van der Waals surface area contributed by atoms with Gasteiger partial charge in [0.25, 0.3) is 5.91 Å². The van der Waals surface area contributed by atoms with Crippen LogP contribution in [0.25, 0.3) is 10.2 Å². The van der Waals surface area contributed by atoms with Crippen LogP contribution in [0.4, 0.5) is 19.0 Å². The van der Waals surface area contributed by atoms with Gasteiger partial charge in [-0.05, 0) is 43.2 Å². The van der Waals surface area contributed by atoms with Gasteiger partial charge in [-0.15, -0.1) is 11.3 Å². The number of morpholine rings is 1. The molecule has 4 heterocycles. The van der Waals surface area contributed by atoms with Crippen molar-refractivity contribution >= 4 is 33.3 Å². The molecule has 0 spiro atoms. The van der Waals surface area contributed by atoms with Gasteiger partial charge in [0.2, 0.25) is 0 Å². The van der Waals surface area contributed by atoms with Gasteiger partial charge in [0.05, 0.1) is 17.6 Å². The summed E-state index contributed by atoms with van der Waals surface area (Å²) in [6.07, 6.45) is -2.65. The maximum atomic E-state index is 12.9. The van der Waals surface area contributed by atoms with E-state index in [0.29, 0.717) is 22.4 Å². The Labute approximate surface area is 181 Å². The quantitative estimate of drug-likeness (QED) is 0.646. The second kappa shape index (κ2) is 8.43. The number of rotatable bonds is 4. The molecule has 1 fully saturated rings. The van der Waals surface area contributed by atoms with Gasteiger partial charge in [-0.1, -0.05) is 6.07 Å². The number of nitrogens with zero attached hydrogens (tertiary/aromatic N) is 3. The van der Waals surface area contributed by atoms with E-state index in [4.69, 9.17) is 4.74 Å². The van der Waals surface area contributed by atoms with Gasteiger partial charge in [-0.2, -0.15) is 13.2 Å². The summed E-state index contributed by atoms with van der Waals surface area (Å²) < 4.78 is 44.3. The first kappa shape index (κ1) is 21.5. The van der Waals surface area contributed by atoms with Crippen molar-refractivity contribution in [1.82, 2.24) is 15.3 Å². The fraction of sp³-hybridized carbons (Fsp3) is 0.381. The predicted molar refractivity (Wildman–Crippen MR) is 112 cm³/mol. The van der Waals surface area contributed by atoms with E-state index in [1.54, 1.807) is 13.1 Å². The number of anilines is 1. The normalized spacial score (nSPS) is 17.2. The fourth-order valence-electron chi connectivity index (χ4n) is 3.47. The van der Waals surface area contributed by atoms with Crippen molar-refractivity contribution < 1.29 is 22.7 Å². The maximum Gasteiger partial charge on any atom is 0.433 e. The molecule has 1 atom stereocenters. The number of fused-ring (bicyclic) bond motifs is 1. The Balaban J connectivity index is 1.44. The first-order valence-electron chi connectivity index (χ1n) is 9.79. The minimum absolute atomic E-state index is 0.153. The topological polar surface area (TPSA) is 67.4 Å². The third-order valence-corrected chi connectivity index (χ3v) is 6.33. The SMILES string of the molecule is Cc1c(C(=O)NCc2ccc(N3CCOC(C)C3)nc2)sc2nc(C(F)(F)F)ccc12. The monoisotopic (exact) mass is 450 g/mol. The summed E-state index contributed by atoms with van der Waals surface area (Å²) in [5, 5.41) is 3.37. The summed E-state index contributed by atoms with van der Waals surface area (Å²) in [7, 11) is 0. The Morgan fingerprint density at radius 2 is 2.13 bits per heavy atom. The summed E-state index contributed by atoms with van der Waals surface area (Å²) >= 11 is 0.962. The van der Waals surface area contributed by atoms with Crippen molar-refractivity contribution in [3.05, 3.63) is 52.2 Å². The number of ether oxygens (including phenoxy) is 1. The molecule has 0 aliphatic carbocycles. The van der Waals surface area contributed by atoms with Crippen molar-refractivity contribution in [2.24, 2.45) is 0 Å². The molecular weight excluding hydrogens is 429 g/mol. The number of carbonyl (C=O) groups is 1. The smallest absolute Gasteiger partial charge is 0.375 e. The van der Waals surface area contributed by atoms with Crippen LogP contribution in [0, 0.1) is 6.92 Å². The van der Waals surface area contributed by atoms with Gasteiger partial charge in [-0.25, -0.2) is 9.97 Å². The highest BCUT2D eigenvalue weighted by Gasteiger charge is 2.33.